The first-order valence-corrected chi connectivity index (χ1v) is 7.58. The van der Waals surface area contributed by atoms with Gasteiger partial charge in [0, 0.05) is 19.0 Å². The highest BCUT2D eigenvalue weighted by Gasteiger charge is 2.36. The van der Waals surface area contributed by atoms with Crippen molar-refractivity contribution in [3.63, 3.8) is 0 Å². The van der Waals surface area contributed by atoms with Crippen LogP contribution >= 0.6 is 0 Å². The van der Waals surface area contributed by atoms with E-state index in [0.717, 1.165) is 6.07 Å². The van der Waals surface area contributed by atoms with Gasteiger partial charge in [-0.25, -0.2) is 4.39 Å². The van der Waals surface area contributed by atoms with Gasteiger partial charge in [0.15, 0.2) is 6.23 Å². The molecule has 1 aliphatic heterocycles. The molecule has 2 rings (SSSR count). The fourth-order valence-corrected chi connectivity index (χ4v) is 2.60. The Morgan fingerprint density at radius 3 is 2.96 bits per heavy atom. The Labute approximate surface area is 144 Å². The topological polar surface area (TPSA) is 84.9 Å². The van der Waals surface area contributed by atoms with Crippen molar-refractivity contribution >= 4 is 12.2 Å². The van der Waals surface area contributed by atoms with Crippen molar-refractivity contribution in [2.75, 3.05) is 13.6 Å². The zero-order valence-electron chi connectivity index (χ0n) is 16.5. The summed E-state index contributed by atoms with van der Waals surface area (Å²) >= 11 is 0. The number of rotatable bonds is 8. The summed E-state index contributed by atoms with van der Waals surface area (Å²) in [6.45, 7) is 2.45. The number of aldehydes is 1. The maximum absolute atomic E-state index is 14.7. The van der Waals surface area contributed by atoms with E-state index in [1.54, 1.807) is 6.92 Å². The van der Waals surface area contributed by atoms with Gasteiger partial charge >= 0.3 is 0 Å². The first-order chi connectivity index (χ1) is 12.5. The summed E-state index contributed by atoms with van der Waals surface area (Å²) < 4.78 is 46.1. The summed E-state index contributed by atoms with van der Waals surface area (Å²) in [6, 6.07) is 2.29. The van der Waals surface area contributed by atoms with E-state index in [0.29, 0.717) is 12.7 Å². The molecule has 0 aliphatic carbocycles. The minimum absolute atomic E-state index is 0.00117. The molecule has 0 spiro atoms. The molecule has 0 aromatic heterocycles. The highest BCUT2D eigenvalue weighted by Crippen LogP contribution is 2.34. The number of ether oxygens (including phenoxy) is 2. The summed E-state index contributed by atoms with van der Waals surface area (Å²) in [4.78, 5) is 22.9. The zero-order valence-corrected chi connectivity index (χ0v) is 13.5. The van der Waals surface area contributed by atoms with Crippen molar-refractivity contribution in [1.82, 2.24) is 5.32 Å². The monoisotopic (exact) mass is 342 g/mol. The lowest BCUT2D eigenvalue weighted by Crippen LogP contribution is -2.27. The second-order valence-corrected chi connectivity index (χ2v) is 5.90. The van der Waals surface area contributed by atoms with Crippen LogP contribution in [0.3, 0.4) is 0 Å². The molecule has 7 heteroatoms. The van der Waals surface area contributed by atoms with Crippen LogP contribution in [0.5, 0.6) is 0 Å². The van der Waals surface area contributed by atoms with Crippen LogP contribution in [0, 0.1) is 5.82 Å². The van der Waals surface area contributed by atoms with Gasteiger partial charge in [-0.15, -0.1) is 0 Å². The predicted molar refractivity (Wildman–Crippen MR) is 83.9 cm³/mol. The molecule has 3 atom stereocenters. The van der Waals surface area contributed by atoms with E-state index in [9.17, 15) is 19.1 Å². The van der Waals surface area contributed by atoms with Gasteiger partial charge in [-0.05, 0) is 31.0 Å². The maximum Gasteiger partial charge on any atom is 0.254 e. The molecule has 0 saturated heterocycles. The quantitative estimate of drug-likeness (QED) is 0.704. The van der Waals surface area contributed by atoms with E-state index < -0.39 is 43.3 Å². The molecular formula is C17H22FNO5. The Morgan fingerprint density at radius 2 is 2.33 bits per heavy atom. The molecule has 1 aromatic carbocycles. The van der Waals surface area contributed by atoms with Crippen LogP contribution in [0.4, 0.5) is 4.39 Å². The number of nitrogens with one attached hydrogen (secondary N) is 1. The van der Waals surface area contributed by atoms with Crippen LogP contribution in [0.2, 0.25) is 0 Å². The Balaban J connectivity index is 2.31. The first-order valence-electron chi connectivity index (χ1n) is 9.08. The average molecular weight is 342 g/mol. The fourth-order valence-electron chi connectivity index (χ4n) is 2.60. The third-order valence-electron chi connectivity index (χ3n) is 4.02. The van der Waals surface area contributed by atoms with E-state index in [4.69, 9.17) is 8.85 Å². The lowest BCUT2D eigenvalue weighted by Gasteiger charge is -2.24. The molecule has 6 nitrogen and oxygen atoms in total. The highest BCUT2D eigenvalue weighted by atomic mass is 19.1. The Hall–Kier alpha value is -1.83. The lowest BCUT2D eigenvalue weighted by atomic mass is 9.93. The largest absolute Gasteiger partial charge is 0.383 e. The molecule has 2 N–H and O–H groups in total. The number of amides is 1. The Morgan fingerprint density at radius 1 is 1.58 bits per heavy atom. The van der Waals surface area contributed by atoms with Crippen LogP contribution in [0.1, 0.15) is 58.5 Å². The molecule has 1 amide bonds. The van der Waals surface area contributed by atoms with Crippen molar-refractivity contribution in [3.8, 4) is 0 Å². The molecule has 1 heterocycles. The summed E-state index contributed by atoms with van der Waals surface area (Å²) in [7, 11) is -2.72. The van der Waals surface area contributed by atoms with Gasteiger partial charge in [0.25, 0.3) is 5.91 Å². The van der Waals surface area contributed by atoms with Gasteiger partial charge in [0.2, 0.25) is 0 Å². The summed E-state index contributed by atoms with van der Waals surface area (Å²) in [5.74, 6) is -1.38. The SMILES string of the molecule is [2H]C([2H])([2H])OCC(C)(O)c1cc(F)c2c(c1)C(=O)NC2O[C@@H](CC)CC=O. The number of halogens is 1. The molecule has 0 saturated carbocycles. The Kier molecular flexibility index (Phi) is 4.46. The molecule has 0 radical (unpaired) electrons. The summed E-state index contributed by atoms with van der Waals surface area (Å²) in [6.07, 6.45) is -0.225. The number of benzene rings is 1. The standard InChI is InChI=1S/C17H22FNO5/c1-4-11(5-6-20)24-16-14-12(15(21)19-16)7-10(8-13(14)18)17(2,22)9-23-3/h6-8,11,16,22H,4-5,9H2,1-3H3,(H,19,21)/t11-,16?,17?/m0/s1/i3D3. The molecule has 0 bridgehead atoms. The zero-order chi connectivity index (χ0) is 20.4. The fraction of sp³-hybridized carbons (Fsp3) is 0.529. The summed E-state index contributed by atoms with van der Waals surface area (Å²) in [5.41, 5.74) is -1.86. The number of aliphatic hydroxyl groups is 1. The van der Waals surface area contributed by atoms with Crippen molar-refractivity contribution in [1.29, 1.82) is 0 Å². The van der Waals surface area contributed by atoms with Crippen LogP contribution in [-0.2, 0) is 19.9 Å². The van der Waals surface area contributed by atoms with Crippen LogP contribution < -0.4 is 5.32 Å². The first kappa shape index (κ1) is 14.5. The molecular weight excluding hydrogens is 317 g/mol. The number of fused-ring (bicyclic) bond motifs is 1. The number of carbonyl (C=O) groups excluding carboxylic acids is 2. The van der Waals surface area contributed by atoms with Crippen LogP contribution in [0.15, 0.2) is 12.1 Å². The van der Waals surface area contributed by atoms with Gasteiger partial charge in [-0.3, -0.25) is 4.79 Å². The lowest BCUT2D eigenvalue weighted by molar-refractivity contribution is -0.112. The Bertz CT molecular complexity index is 723. The molecule has 0 fully saturated rings. The number of carbonyl (C=O) groups is 2. The summed E-state index contributed by atoms with van der Waals surface area (Å²) in [5, 5.41) is 13.0. The maximum atomic E-state index is 14.7. The van der Waals surface area contributed by atoms with Crippen LogP contribution in [-0.4, -0.2) is 37.0 Å². The number of methoxy groups -OCH3 is 1. The van der Waals surface area contributed by atoms with E-state index in [1.807, 2.05) is 0 Å². The van der Waals surface area contributed by atoms with E-state index in [2.05, 4.69) is 10.1 Å². The number of hydrogen-bond donors (Lipinski definition) is 2. The third-order valence-corrected chi connectivity index (χ3v) is 4.02. The van der Waals surface area contributed by atoms with Gasteiger partial charge in [-0.1, -0.05) is 6.92 Å². The van der Waals surface area contributed by atoms with Gasteiger partial charge in [-0.2, -0.15) is 0 Å². The molecule has 1 aromatic rings. The molecule has 132 valence electrons. The van der Waals surface area contributed by atoms with Gasteiger partial charge in [0.1, 0.15) is 17.7 Å². The normalized spacial score (nSPS) is 22.6. The highest BCUT2D eigenvalue weighted by molar-refractivity contribution is 5.99. The second kappa shape index (κ2) is 7.38. The van der Waals surface area contributed by atoms with E-state index in [-0.39, 0.29) is 23.1 Å². The van der Waals surface area contributed by atoms with Gasteiger partial charge < -0.3 is 24.7 Å². The van der Waals surface area contributed by atoms with E-state index >= 15 is 0 Å². The van der Waals surface area contributed by atoms with Crippen LogP contribution in [0.25, 0.3) is 0 Å². The average Bonchev–Trinajstić information content (AvgIpc) is 2.88. The van der Waals surface area contributed by atoms with Crippen molar-refractivity contribution < 1.29 is 32.7 Å². The predicted octanol–water partition coefficient (Wildman–Crippen LogP) is 1.81. The third kappa shape index (κ3) is 3.63. The second-order valence-electron chi connectivity index (χ2n) is 5.90. The molecule has 2 unspecified atom stereocenters. The minimum Gasteiger partial charge on any atom is -0.383 e. The minimum atomic E-state index is -2.72. The smallest absolute Gasteiger partial charge is 0.254 e. The van der Waals surface area contributed by atoms with Gasteiger partial charge in [0.05, 0.1) is 22.4 Å². The molecule has 24 heavy (non-hydrogen) atoms. The van der Waals surface area contributed by atoms with Crippen molar-refractivity contribution in [2.45, 2.75) is 44.6 Å². The van der Waals surface area contributed by atoms with Crippen molar-refractivity contribution in [2.24, 2.45) is 0 Å². The van der Waals surface area contributed by atoms with E-state index in [1.165, 1.54) is 13.0 Å². The van der Waals surface area contributed by atoms with Crippen molar-refractivity contribution in [3.05, 3.63) is 34.6 Å². The molecule has 1 aliphatic rings. The number of hydrogen-bond acceptors (Lipinski definition) is 5.